The minimum atomic E-state index is 0.437. The third-order valence-corrected chi connectivity index (χ3v) is 3.83. The molecule has 152 valence electrons. The molecular weight excluding hydrogens is 332 g/mol. The van der Waals surface area contributed by atoms with Gasteiger partial charge in [0.25, 0.3) is 0 Å². The third kappa shape index (κ3) is 14.9. The zero-order valence-electron chi connectivity index (χ0n) is 17.7. The predicted molar refractivity (Wildman–Crippen MR) is 122 cm³/mol. The van der Waals surface area contributed by atoms with Crippen LogP contribution in [0.1, 0.15) is 40.0 Å². The largest absolute Gasteiger partial charge is 0.384 e. The van der Waals surface area contributed by atoms with Crippen molar-refractivity contribution in [1.29, 1.82) is 0 Å². The Balaban J connectivity index is 0.00000210. The number of anilines is 1. The summed E-state index contributed by atoms with van der Waals surface area (Å²) in [7, 11) is 2.01. The number of likely N-dealkylation sites (N-methyl/N-ethyl adjacent to an activating group) is 1. The number of hydrazine groups is 1. The highest BCUT2D eigenvalue weighted by molar-refractivity contribution is 5.42. The van der Waals surface area contributed by atoms with Crippen LogP contribution in [0.2, 0.25) is 0 Å². The van der Waals surface area contributed by atoms with Crippen LogP contribution in [0.5, 0.6) is 0 Å². The van der Waals surface area contributed by atoms with Crippen LogP contribution in [0, 0.1) is 0 Å². The number of allylic oxidation sites excluding steroid dienone is 5. The molecule has 0 spiro atoms. The molecule has 0 aromatic heterocycles. The Morgan fingerprint density at radius 2 is 1.81 bits per heavy atom. The number of para-hydroxylation sites is 1. The summed E-state index contributed by atoms with van der Waals surface area (Å²) < 4.78 is 0. The van der Waals surface area contributed by atoms with Crippen molar-refractivity contribution in [3.05, 3.63) is 66.8 Å². The van der Waals surface area contributed by atoms with Gasteiger partial charge in [-0.25, -0.2) is 0 Å². The fourth-order valence-electron chi connectivity index (χ4n) is 2.31. The Hall–Kier alpha value is -1.88. The van der Waals surface area contributed by atoms with Crippen LogP contribution in [-0.2, 0) is 0 Å². The summed E-state index contributed by atoms with van der Waals surface area (Å²) in [6, 6.07) is 10.7. The van der Waals surface area contributed by atoms with Crippen LogP contribution < -0.4 is 21.5 Å². The average Bonchev–Trinajstić information content (AvgIpc) is 2.70. The zero-order valence-corrected chi connectivity index (χ0v) is 17.7. The lowest BCUT2D eigenvalue weighted by Gasteiger charge is -2.18. The first-order valence-corrected chi connectivity index (χ1v) is 10.1. The first kappa shape index (κ1) is 25.1. The van der Waals surface area contributed by atoms with Crippen LogP contribution in [0.3, 0.4) is 0 Å². The third-order valence-electron chi connectivity index (χ3n) is 3.83. The van der Waals surface area contributed by atoms with E-state index in [1.807, 2.05) is 37.4 Å². The molecule has 0 radical (unpaired) electrons. The minimum Gasteiger partial charge on any atom is -0.384 e. The van der Waals surface area contributed by atoms with Crippen molar-refractivity contribution in [2.75, 3.05) is 32.0 Å². The molecule has 1 atom stereocenters. The van der Waals surface area contributed by atoms with Gasteiger partial charge in [0, 0.05) is 31.4 Å². The predicted octanol–water partition coefficient (Wildman–Crippen LogP) is 4.67. The van der Waals surface area contributed by atoms with Gasteiger partial charge < -0.3 is 10.6 Å². The van der Waals surface area contributed by atoms with Crippen LogP contribution in [0.4, 0.5) is 5.69 Å². The summed E-state index contributed by atoms with van der Waals surface area (Å²) in [6.45, 7) is 12.7. The smallest absolute Gasteiger partial charge is 0.0340 e. The van der Waals surface area contributed by atoms with Gasteiger partial charge in [-0.05, 0) is 38.9 Å². The van der Waals surface area contributed by atoms with Crippen molar-refractivity contribution in [3.8, 4) is 0 Å². The molecule has 1 aromatic rings. The molecule has 1 rings (SSSR count). The number of hydrogen-bond donors (Lipinski definition) is 4. The maximum atomic E-state index is 3.71. The van der Waals surface area contributed by atoms with E-state index < -0.39 is 0 Å². The van der Waals surface area contributed by atoms with Gasteiger partial charge in [0.05, 0.1) is 0 Å². The topological polar surface area (TPSA) is 48.1 Å². The molecule has 0 aliphatic heterocycles. The van der Waals surface area contributed by atoms with E-state index in [4.69, 9.17) is 0 Å². The first-order chi connectivity index (χ1) is 13.2. The summed E-state index contributed by atoms with van der Waals surface area (Å²) in [5.74, 6) is 0. The Labute approximate surface area is 167 Å². The summed E-state index contributed by atoms with van der Waals surface area (Å²) in [5, 5.41) is 6.74. The van der Waals surface area contributed by atoms with Gasteiger partial charge in [-0.1, -0.05) is 74.9 Å². The van der Waals surface area contributed by atoms with Gasteiger partial charge in [0.15, 0.2) is 0 Å². The maximum absolute atomic E-state index is 3.71. The molecule has 1 aromatic carbocycles. The normalized spacial score (nSPS) is 12.4. The SMILES string of the molecule is C=C/C=C\C(=C/C)CC[C@@H](CNNCCNc1ccccc1)NC.CCC. The Bertz CT molecular complexity index is 508. The Kier molecular flexibility index (Phi) is 17.6. The number of benzene rings is 1. The fourth-order valence-corrected chi connectivity index (χ4v) is 2.31. The van der Waals surface area contributed by atoms with Gasteiger partial charge in [0.1, 0.15) is 0 Å². The van der Waals surface area contributed by atoms with Crippen molar-refractivity contribution in [2.24, 2.45) is 0 Å². The highest BCUT2D eigenvalue weighted by Crippen LogP contribution is 2.09. The molecular formula is C23H40N4. The van der Waals surface area contributed by atoms with Gasteiger partial charge in [-0.15, -0.1) is 0 Å². The van der Waals surface area contributed by atoms with E-state index in [9.17, 15) is 0 Å². The van der Waals surface area contributed by atoms with E-state index in [1.165, 1.54) is 12.0 Å². The molecule has 0 bridgehead atoms. The summed E-state index contributed by atoms with van der Waals surface area (Å²) >= 11 is 0. The number of rotatable bonds is 13. The quantitative estimate of drug-likeness (QED) is 0.231. The Morgan fingerprint density at radius 1 is 1.11 bits per heavy atom. The first-order valence-electron chi connectivity index (χ1n) is 10.1. The minimum absolute atomic E-state index is 0.437. The maximum Gasteiger partial charge on any atom is 0.0340 e. The van der Waals surface area contributed by atoms with E-state index in [-0.39, 0.29) is 0 Å². The summed E-state index contributed by atoms with van der Waals surface area (Å²) in [5.41, 5.74) is 9.06. The lowest BCUT2D eigenvalue weighted by atomic mass is 10.0. The second-order valence-electron chi connectivity index (χ2n) is 6.29. The molecule has 4 nitrogen and oxygen atoms in total. The van der Waals surface area contributed by atoms with Crippen molar-refractivity contribution in [2.45, 2.75) is 46.1 Å². The van der Waals surface area contributed by atoms with Crippen LogP contribution in [0.15, 0.2) is 66.8 Å². The summed E-state index contributed by atoms with van der Waals surface area (Å²) in [4.78, 5) is 0. The van der Waals surface area contributed by atoms with Gasteiger partial charge in [0.2, 0.25) is 0 Å². The second kappa shape index (κ2) is 18.9. The Morgan fingerprint density at radius 3 is 2.41 bits per heavy atom. The second-order valence-corrected chi connectivity index (χ2v) is 6.29. The highest BCUT2D eigenvalue weighted by Gasteiger charge is 2.05. The molecule has 0 amide bonds. The van der Waals surface area contributed by atoms with Gasteiger partial charge >= 0.3 is 0 Å². The molecule has 0 unspecified atom stereocenters. The van der Waals surface area contributed by atoms with Crippen molar-refractivity contribution in [1.82, 2.24) is 16.2 Å². The van der Waals surface area contributed by atoms with Crippen LogP contribution >= 0.6 is 0 Å². The molecule has 0 saturated carbocycles. The van der Waals surface area contributed by atoms with Gasteiger partial charge in [-0.3, -0.25) is 10.9 Å². The summed E-state index contributed by atoms with van der Waals surface area (Å²) in [6.07, 6.45) is 11.5. The number of hydrogen-bond acceptors (Lipinski definition) is 4. The lowest BCUT2D eigenvalue weighted by Crippen LogP contribution is -2.44. The molecule has 0 saturated heterocycles. The lowest BCUT2D eigenvalue weighted by molar-refractivity contribution is 0.439. The van der Waals surface area contributed by atoms with E-state index in [1.54, 1.807) is 0 Å². The molecule has 27 heavy (non-hydrogen) atoms. The van der Waals surface area contributed by atoms with Crippen LogP contribution in [-0.4, -0.2) is 32.7 Å². The molecule has 0 aliphatic carbocycles. The number of nitrogens with one attached hydrogen (secondary N) is 4. The molecule has 0 aliphatic rings. The monoisotopic (exact) mass is 372 g/mol. The van der Waals surface area contributed by atoms with Crippen molar-refractivity contribution in [3.63, 3.8) is 0 Å². The molecule has 4 heteroatoms. The fraction of sp³-hybridized carbons (Fsp3) is 0.478. The standard InChI is InChI=1S/C20H32N4.C3H8/c1-4-6-10-18(5-2)13-14-20(21-3)17-24-23-16-15-22-19-11-8-7-9-12-19;1-3-2/h4-12,20-24H,1,13-17H2,2-3H3;3H2,1-2H3/b10-6-,18-5+;/t20-;/m0./s1. The van der Waals surface area contributed by atoms with E-state index in [0.717, 1.165) is 38.2 Å². The van der Waals surface area contributed by atoms with E-state index >= 15 is 0 Å². The van der Waals surface area contributed by atoms with Gasteiger partial charge in [-0.2, -0.15) is 0 Å². The van der Waals surface area contributed by atoms with Crippen molar-refractivity contribution < 1.29 is 0 Å². The van der Waals surface area contributed by atoms with E-state index in [2.05, 4.69) is 73.1 Å². The van der Waals surface area contributed by atoms with Crippen molar-refractivity contribution >= 4 is 5.69 Å². The van der Waals surface area contributed by atoms with E-state index in [0.29, 0.717) is 6.04 Å². The molecule has 4 N–H and O–H groups in total. The molecule has 0 fully saturated rings. The highest BCUT2D eigenvalue weighted by atomic mass is 15.4. The average molecular weight is 373 g/mol. The van der Waals surface area contributed by atoms with Crippen LogP contribution in [0.25, 0.3) is 0 Å². The molecule has 0 heterocycles. The zero-order chi connectivity index (χ0) is 20.2.